The van der Waals surface area contributed by atoms with Gasteiger partial charge in [-0.15, -0.1) is 6.42 Å². The zero-order valence-corrected chi connectivity index (χ0v) is 13.2. The fourth-order valence-electron chi connectivity index (χ4n) is 3.55. The van der Waals surface area contributed by atoms with Gasteiger partial charge in [-0.3, -0.25) is 9.69 Å². The lowest BCUT2D eigenvalue weighted by Gasteiger charge is -2.42. The molecule has 118 valence electrons. The van der Waals surface area contributed by atoms with Gasteiger partial charge in [-0.1, -0.05) is 12.8 Å². The summed E-state index contributed by atoms with van der Waals surface area (Å²) in [5.74, 6) is 3.16. The van der Waals surface area contributed by atoms with E-state index in [1.807, 2.05) is 4.90 Å². The number of hydrogen-bond donors (Lipinski definition) is 1. The van der Waals surface area contributed by atoms with Gasteiger partial charge in [0.15, 0.2) is 0 Å². The third-order valence-electron chi connectivity index (χ3n) is 5.47. The summed E-state index contributed by atoms with van der Waals surface area (Å²) in [6, 6.07) is 0. The Labute approximate surface area is 128 Å². The lowest BCUT2D eigenvalue weighted by molar-refractivity contribution is -0.140. The molecular formula is C17H28N2O2. The van der Waals surface area contributed by atoms with Gasteiger partial charge in [-0.2, -0.15) is 0 Å². The number of hydrogen-bond acceptors (Lipinski definition) is 3. The van der Waals surface area contributed by atoms with Crippen LogP contribution in [0.2, 0.25) is 0 Å². The Bertz CT molecular complexity index is 380. The highest BCUT2D eigenvalue weighted by Crippen LogP contribution is 2.35. The van der Waals surface area contributed by atoms with Gasteiger partial charge in [-0.25, -0.2) is 0 Å². The van der Waals surface area contributed by atoms with E-state index in [0.717, 1.165) is 58.3 Å². The Hall–Kier alpha value is -1.05. The summed E-state index contributed by atoms with van der Waals surface area (Å²) >= 11 is 0. The Morgan fingerprint density at radius 3 is 2.38 bits per heavy atom. The lowest BCUT2D eigenvalue weighted by Crippen LogP contribution is -2.48. The minimum atomic E-state index is 0.0486. The number of amides is 1. The van der Waals surface area contributed by atoms with E-state index in [4.69, 9.17) is 6.42 Å². The van der Waals surface area contributed by atoms with Gasteiger partial charge in [0, 0.05) is 25.6 Å². The van der Waals surface area contributed by atoms with E-state index in [-0.39, 0.29) is 17.9 Å². The summed E-state index contributed by atoms with van der Waals surface area (Å²) in [6.45, 7) is 6.55. The van der Waals surface area contributed by atoms with Crippen LogP contribution in [0.4, 0.5) is 0 Å². The minimum Gasteiger partial charge on any atom is -0.396 e. The summed E-state index contributed by atoms with van der Waals surface area (Å²) in [4.78, 5) is 16.9. The van der Waals surface area contributed by atoms with Crippen LogP contribution in [0.3, 0.4) is 0 Å². The van der Waals surface area contributed by atoms with E-state index < -0.39 is 0 Å². The van der Waals surface area contributed by atoms with Crippen molar-refractivity contribution in [2.24, 2.45) is 11.3 Å². The van der Waals surface area contributed by atoms with Crippen LogP contribution in [-0.4, -0.2) is 60.1 Å². The van der Waals surface area contributed by atoms with Crippen LogP contribution in [0.15, 0.2) is 0 Å². The molecular weight excluding hydrogens is 264 g/mol. The van der Waals surface area contributed by atoms with Crippen molar-refractivity contribution in [1.82, 2.24) is 9.80 Å². The standard InChI is InChI=1S/C17H28N2O2/c1-3-9-18-10-5-15(6-11-18)16(21)19-12-7-17(4-2,14-20)8-13-19/h1,15,20H,4-14H2,2H3. The van der Waals surface area contributed by atoms with Crippen LogP contribution in [0.25, 0.3) is 0 Å². The highest BCUT2D eigenvalue weighted by atomic mass is 16.3. The Kier molecular flexibility index (Phi) is 5.66. The normalized spacial score (nSPS) is 23.8. The minimum absolute atomic E-state index is 0.0486. The molecule has 0 radical (unpaired) electrons. The smallest absolute Gasteiger partial charge is 0.225 e. The van der Waals surface area contributed by atoms with Crippen molar-refractivity contribution < 1.29 is 9.90 Å². The molecule has 1 N–H and O–H groups in total. The highest BCUT2D eigenvalue weighted by Gasteiger charge is 2.36. The maximum absolute atomic E-state index is 12.6. The molecule has 0 bridgehead atoms. The summed E-state index contributed by atoms with van der Waals surface area (Å²) in [6.07, 6.45) is 10.0. The molecule has 2 heterocycles. The second-order valence-electron chi connectivity index (χ2n) is 6.59. The molecule has 0 unspecified atom stereocenters. The first-order valence-electron chi connectivity index (χ1n) is 8.19. The molecule has 0 aromatic rings. The molecule has 0 saturated carbocycles. The van der Waals surface area contributed by atoms with Crippen LogP contribution in [0.1, 0.15) is 39.0 Å². The van der Waals surface area contributed by atoms with Gasteiger partial charge >= 0.3 is 0 Å². The molecule has 2 aliphatic rings. The third-order valence-corrected chi connectivity index (χ3v) is 5.47. The number of piperidine rings is 2. The van der Waals surface area contributed by atoms with Gasteiger partial charge in [0.05, 0.1) is 6.54 Å². The van der Waals surface area contributed by atoms with Gasteiger partial charge in [0.25, 0.3) is 0 Å². The van der Waals surface area contributed by atoms with Gasteiger partial charge < -0.3 is 10.0 Å². The van der Waals surface area contributed by atoms with Crippen molar-refractivity contribution in [1.29, 1.82) is 0 Å². The summed E-state index contributed by atoms with van der Waals surface area (Å²) in [5.41, 5.74) is 0.0486. The molecule has 21 heavy (non-hydrogen) atoms. The second kappa shape index (κ2) is 7.29. The summed E-state index contributed by atoms with van der Waals surface area (Å²) < 4.78 is 0. The first-order chi connectivity index (χ1) is 10.1. The molecule has 2 rings (SSSR count). The molecule has 0 aliphatic carbocycles. The number of aliphatic hydroxyl groups is 1. The van der Waals surface area contributed by atoms with Crippen molar-refractivity contribution in [2.75, 3.05) is 39.3 Å². The molecule has 0 atom stereocenters. The van der Waals surface area contributed by atoms with Crippen LogP contribution in [0, 0.1) is 23.7 Å². The van der Waals surface area contributed by atoms with E-state index in [0.29, 0.717) is 12.5 Å². The molecule has 0 spiro atoms. The second-order valence-corrected chi connectivity index (χ2v) is 6.59. The molecule has 4 heteroatoms. The molecule has 2 saturated heterocycles. The molecule has 4 nitrogen and oxygen atoms in total. The largest absolute Gasteiger partial charge is 0.396 e. The quantitative estimate of drug-likeness (QED) is 0.795. The van der Waals surface area contributed by atoms with Crippen LogP contribution in [0.5, 0.6) is 0 Å². The van der Waals surface area contributed by atoms with Gasteiger partial charge in [0.1, 0.15) is 0 Å². The Balaban J connectivity index is 1.82. The van der Waals surface area contributed by atoms with Crippen LogP contribution >= 0.6 is 0 Å². The maximum Gasteiger partial charge on any atom is 0.225 e. The number of aliphatic hydroxyl groups excluding tert-OH is 1. The van der Waals surface area contributed by atoms with Crippen molar-refractivity contribution >= 4 is 5.91 Å². The fraction of sp³-hybridized carbons (Fsp3) is 0.824. The average Bonchev–Trinajstić information content (AvgIpc) is 2.55. The first kappa shape index (κ1) is 16.3. The predicted molar refractivity (Wildman–Crippen MR) is 83.6 cm³/mol. The molecule has 0 aromatic heterocycles. The zero-order chi connectivity index (χ0) is 15.3. The number of nitrogens with zero attached hydrogens (tertiary/aromatic N) is 2. The van der Waals surface area contributed by atoms with Crippen molar-refractivity contribution in [3.8, 4) is 12.3 Å². The Morgan fingerprint density at radius 2 is 1.90 bits per heavy atom. The molecule has 2 fully saturated rings. The fourth-order valence-corrected chi connectivity index (χ4v) is 3.55. The van der Waals surface area contributed by atoms with E-state index in [1.165, 1.54) is 0 Å². The van der Waals surface area contributed by atoms with Crippen molar-refractivity contribution in [3.63, 3.8) is 0 Å². The number of carbonyl (C=O) groups is 1. The first-order valence-corrected chi connectivity index (χ1v) is 8.19. The van der Waals surface area contributed by atoms with E-state index in [9.17, 15) is 9.90 Å². The predicted octanol–water partition coefficient (Wildman–Crippen LogP) is 1.34. The monoisotopic (exact) mass is 292 g/mol. The van der Waals surface area contributed by atoms with E-state index in [2.05, 4.69) is 17.7 Å². The van der Waals surface area contributed by atoms with E-state index in [1.54, 1.807) is 0 Å². The highest BCUT2D eigenvalue weighted by molar-refractivity contribution is 5.79. The third kappa shape index (κ3) is 3.78. The van der Waals surface area contributed by atoms with Gasteiger partial charge in [0.2, 0.25) is 5.91 Å². The van der Waals surface area contributed by atoms with Crippen molar-refractivity contribution in [3.05, 3.63) is 0 Å². The number of likely N-dealkylation sites (tertiary alicyclic amines) is 2. The number of carbonyl (C=O) groups excluding carboxylic acids is 1. The van der Waals surface area contributed by atoms with Crippen LogP contribution in [-0.2, 0) is 4.79 Å². The Morgan fingerprint density at radius 1 is 1.29 bits per heavy atom. The number of rotatable bonds is 4. The lowest BCUT2D eigenvalue weighted by atomic mass is 9.76. The zero-order valence-electron chi connectivity index (χ0n) is 13.2. The van der Waals surface area contributed by atoms with Crippen LogP contribution < -0.4 is 0 Å². The van der Waals surface area contributed by atoms with E-state index >= 15 is 0 Å². The molecule has 0 aromatic carbocycles. The summed E-state index contributed by atoms with van der Waals surface area (Å²) in [5, 5.41) is 9.57. The molecule has 2 aliphatic heterocycles. The van der Waals surface area contributed by atoms with Crippen molar-refractivity contribution in [2.45, 2.75) is 39.0 Å². The topological polar surface area (TPSA) is 43.8 Å². The average molecular weight is 292 g/mol. The maximum atomic E-state index is 12.6. The SMILES string of the molecule is C#CCN1CCC(C(=O)N2CCC(CC)(CO)CC2)CC1. The molecule has 1 amide bonds. The van der Waals surface area contributed by atoms with Gasteiger partial charge in [-0.05, 0) is 50.6 Å². The summed E-state index contributed by atoms with van der Waals surface area (Å²) in [7, 11) is 0. The number of terminal acetylenes is 1.